The third-order valence-electron chi connectivity index (χ3n) is 6.30. The lowest BCUT2D eigenvalue weighted by Gasteiger charge is -2.36. The molecule has 2 saturated heterocycles. The molecule has 0 aromatic heterocycles. The molecule has 1 N–H and O–H groups in total. The average Bonchev–Trinajstić information content (AvgIpc) is 3.27. The Morgan fingerprint density at radius 2 is 1.85 bits per heavy atom. The Morgan fingerprint density at radius 1 is 1.09 bits per heavy atom. The third-order valence-corrected chi connectivity index (χ3v) is 6.30. The van der Waals surface area contributed by atoms with Crippen LogP contribution in [-0.4, -0.2) is 85.6 Å². The van der Waals surface area contributed by atoms with Gasteiger partial charge in [-0.05, 0) is 30.2 Å². The van der Waals surface area contributed by atoms with Gasteiger partial charge in [-0.15, -0.1) is 0 Å². The maximum Gasteiger partial charge on any atom is 0.253 e. The number of likely N-dealkylation sites (tertiary alicyclic amines) is 1. The van der Waals surface area contributed by atoms with Gasteiger partial charge in [-0.3, -0.25) is 9.69 Å². The van der Waals surface area contributed by atoms with Gasteiger partial charge >= 0.3 is 0 Å². The maximum absolute atomic E-state index is 12.1. The molecule has 0 saturated carbocycles. The predicted octanol–water partition coefficient (Wildman–Crippen LogP) is 2.44. The predicted molar refractivity (Wildman–Crippen MR) is 131 cm³/mol. The SMILES string of the molecule is CCNC(=NCc1ccc(C(=O)N(C)C)cc1)N1CC2OCCN(Cc3ccccc3)C2C1. The highest BCUT2D eigenvalue weighted by Crippen LogP contribution is 2.25. The summed E-state index contributed by atoms with van der Waals surface area (Å²) in [5.41, 5.74) is 3.12. The molecule has 2 atom stereocenters. The summed E-state index contributed by atoms with van der Waals surface area (Å²) in [6.45, 7) is 7.90. The van der Waals surface area contributed by atoms with Crippen LogP contribution in [-0.2, 0) is 17.8 Å². The van der Waals surface area contributed by atoms with Gasteiger partial charge in [0.1, 0.15) is 0 Å². The minimum absolute atomic E-state index is 0.0121. The van der Waals surface area contributed by atoms with E-state index in [4.69, 9.17) is 9.73 Å². The number of carbonyl (C=O) groups is 1. The molecule has 0 bridgehead atoms. The molecule has 4 rings (SSSR count). The third kappa shape index (κ3) is 5.72. The van der Waals surface area contributed by atoms with Crippen LogP contribution in [0.1, 0.15) is 28.4 Å². The number of hydrogen-bond acceptors (Lipinski definition) is 4. The van der Waals surface area contributed by atoms with Gasteiger partial charge in [0.05, 0.1) is 25.3 Å². The standard InChI is InChI=1S/C26H35N5O2/c1-4-27-26(28-16-20-10-12-22(13-11-20)25(32)29(2)3)31-18-23-24(19-31)33-15-14-30(23)17-21-8-6-5-7-9-21/h5-13,23-24H,4,14-19H2,1-3H3,(H,27,28). The van der Waals surface area contributed by atoms with Gasteiger partial charge in [-0.1, -0.05) is 42.5 Å². The molecular formula is C26H35N5O2. The smallest absolute Gasteiger partial charge is 0.253 e. The quantitative estimate of drug-likeness (QED) is 0.542. The molecular weight excluding hydrogens is 414 g/mol. The van der Waals surface area contributed by atoms with Crippen molar-refractivity contribution in [2.24, 2.45) is 4.99 Å². The molecule has 2 unspecified atom stereocenters. The zero-order valence-electron chi connectivity index (χ0n) is 19.9. The molecule has 2 aliphatic rings. The maximum atomic E-state index is 12.1. The fourth-order valence-corrected chi connectivity index (χ4v) is 4.55. The summed E-state index contributed by atoms with van der Waals surface area (Å²) >= 11 is 0. The second-order valence-corrected chi connectivity index (χ2v) is 8.90. The Labute approximate surface area is 197 Å². The molecule has 2 heterocycles. The number of carbonyl (C=O) groups excluding carboxylic acids is 1. The van der Waals surface area contributed by atoms with E-state index in [1.165, 1.54) is 5.56 Å². The number of hydrogen-bond donors (Lipinski definition) is 1. The van der Waals surface area contributed by atoms with Crippen LogP contribution in [0, 0.1) is 0 Å². The van der Waals surface area contributed by atoms with Crippen molar-refractivity contribution in [1.29, 1.82) is 0 Å². The first-order chi connectivity index (χ1) is 16.0. The summed E-state index contributed by atoms with van der Waals surface area (Å²) in [5, 5.41) is 3.45. The van der Waals surface area contributed by atoms with E-state index in [-0.39, 0.29) is 12.0 Å². The molecule has 7 nitrogen and oxygen atoms in total. The van der Waals surface area contributed by atoms with Gasteiger partial charge in [0, 0.05) is 52.4 Å². The molecule has 0 aliphatic carbocycles. The zero-order valence-corrected chi connectivity index (χ0v) is 19.9. The van der Waals surface area contributed by atoms with Crippen LogP contribution in [0.2, 0.25) is 0 Å². The van der Waals surface area contributed by atoms with E-state index in [9.17, 15) is 4.79 Å². The number of aliphatic imine (C=N–C) groups is 1. The lowest BCUT2D eigenvalue weighted by molar-refractivity contribution is -0.0502. The highest BCUT2D eigenvalue weighted by atomic mass is 16.5. The van der Waals surface area contributed by atoms with E-state index in [1.54, 1.807) is 19.0 Å². The van der Waals surface area contributed by atoms with Crippen LogP contribution in [0.15, 0.2) is 59.6 Å². The minimum Gasteiger partial charge on any atom is -0.373 e. The van der Waals surface area contributed by atoms with E-state index < -0.39 is 0 Å². The molecule has 1 amide bonds. The van der Waals surface area contributed by atoms with Crippen LogP contribution in [0.5, 0.6) is 0 Å². The van der Waals surface area contributed by atoms with Crippen molar-refractivity contribution in [2.45, 2.75) is 32.2 Å². The summed E-state index contributed by atoms with van der Waals surface area (Å²) in [5.74, 6) is 0.932. The van der Waals surface area contributed by atoms with Crippen molar-refractivity contribution < 1.29 is 9.53 Å². The number of benzene rings is 2. The van der Waals surface area contributed by atoms with E-state index in [2.05, 4.69) is 52.4 Å². The number of nitrogens with zero attached hydrogens (tertiary/aromatic N) is 4. The summed E-state index contributed by atoms with van der Waals surface area (Å²) in [6.07, 6.45) is 0.197. The molecule has 176 valence electrons. The highest BCUT2D eigenvalue weighted by Gasteiger charge is 2.41. The average molecular weight is 450 g/mol. The fourth-order valence-electron chi connectivity index (χ4n) is 4.55. The van der Waals surface area contributed by atoms with Gasteiger partial charge in [-0.25, -0.2) is 4.99 Å². The van der Waals surface area contributed by atoms with Crippen molar-refractivity contribution in [3.05, 3.63) is 71.3 Å². The van der Waals surface area contributed by atoms with Crippen molar-refractivity contribution >= 4 is 11.9 Å². The number of nitrogens with one attached hydrogen (secondary N) is 1. The molecule has 0 spiro atoms. The Hall–Kier alpha value is -2.90. The van der Waals surface area contributed by atoms with Gasteiger partial charge in [0.15, 0.2) is 5.96 Å². The number of ether oxygens (including phenoxy) is 1. The first-order valence-electron chi connectivity index (χ1n) is 11.8. The number of amides is 1. The number of rotatable bonds is 6. The number of guanidine groups is 1. The Kier molecular flexibility index (Phi) is 7.62. The van der Waals surface area contributed by atoms with E-state index >= 15 is 0 Å². The normalized spacial score (nSPS) is 21.1. The molecule has 33 heavy (non-hydrogen) atoms. The van der Waals surface area contributed by atoms with Crippen molar-refractivity contribution in [3.8, 4) is 0 Å². The molecule has 2 aromatic carbocycles. The van der Waals surface area contributed by atoms with Crippen molar-refractivity contribution in [3.63, 3.8) is 0 Å². The Morgan fingerprint density at radius 3 is 2.55 bits per heavy atom. The Balaban J connectivity index is 1.42. The first-order valence-corrected chi connectivity index (χ1v) is 11.8. The number of morpholine rings is 1. The largest absolute Gasteiger partial charge is 0.373 e. The van der Waals surface area contributed by atoms with Crippen molar-refractivity contribution in [1.82, 2.24) is 20.0 Å². The summed E-state index contributed by atoms with van der Waals surface area (Å²) in [6, 6.07) is 18.7. The monoisotopic (exact) mass is 449 g/mol. The topological polar surface area (TPSA) is 60.4 Å². The first kappa shape index (κ1) is 23.3. The van der Waals surface area contributed by atoms with Crippen molar-refractivity contribution in [2.75, 3.05) is 46.9 Å². The van der Waals surface area contributed by atoms with E-state index in [1.807, 2.05) is 24.3 Å². The second-order valence-electron chi connectivity index (χ2n) is 8.90. The second kappa shape index (κ2) is 10.8. The zero-order chi connectivity index (χ0) is 23.2. The fraction of sp³-hybridized carbons (Fsp3) is 0.462. The number of fused-ring (bicyclic) bond motifs is 1. The lowest BCUT2D eigenvalue weighted by Crippen LogP contribution is -2.50. The van der Waals surface area contributed by atoms with Gasteiger partial charge in [0.25, 0.3) is 5.91 Å². The molecule has 7 heteroatoms. The highest BCUT2D eigenvalue weighted by molar-refractivity contribution is 5.93. The molecule has 2 fully saturated rings. The van der Waals surface area contributed by atoms with Crippen LogP contribution in [0.25, 0.3) is 0 Å². The summed E-state index contributed by atoms with van der Waals surface area (Å²) in [7, 11) is 3.53. The Bertz CT molecular complexity index is 945. The van der Waals surface area contributed by atoms with E-state index in [0.717, 1.165) is 50.9 Å². The molecule has 0 radical (unpaired) electrons. The van der Waals surface area contributed by atoms with Gasteiger partial charge in [-0.2, -0.15) is 0 Å². The molecule has 2 aliphatic heterocycles. The van der Waals surface area contributed by atoms with Gasteiger partial charge < -0.3 is 19.9 Å². The minimum atomic E-state index is 0.0121. The van der Waals surface area contributed by atoms with Crippen LogP contribution < -0.4 is 5.32 Å². The lowest BCUT2D eigenvalue weighted by atomic mass is 10.1. The van der Waals surface area contributed by atoms with Crippen LogP contribution in [0.4, 0.5) is 0 Å². The van der Waals surface area contributed by atoms with Gasteiger partial charge in [0.2, 0.25) is 0 Å². The van der Waals surface area contributed by atoms with E-state index in [0.29, 0.717) is 18.2 Å². The summed E-state index contributed by atoms with van der Waals surface area (Å²) in [4.78, 5) is 23.5. The van der Waals surface area contributed by atoms with Crippen LogP contribution >= 0.6 is 0 Å². The molecule has 2 aromatic rings. The summed E-state index contributed by atoms with van der Waals surface area (Å²) < 4.78 is 6.14. The van der Waals surface area contributed by atoms with Crippen LogP contribution in [0.3, 0.4) is 0 Å².